The molecule has 0 spiro atoms. The Kier molecular flexibility index (Phi) is 49.2. The first-order valence-corrected chi connectivity index (χ1v) is 27.0. The summed E-state index contributed by atoms with van der Waals surface area (Å²) in [5.41, 5.74) is 0. The first-order valence-electron chi connectivity index (χ1n) is 27.0. The van der Waals surface area contributed by atoms with Gasteiger partial charge in [-0.05, 0) is 96.3 Å². The second-order valence-electron chi connectivity index (χ2n) is 17.9. The fraction of sp³-hybridized carbons (Fsp3) is 0.695. The molecule has 0 aliphatic rings. The minimum absolute atomic E-state index is 0.0280. The topological polar surface area (TPSA) is 95.9 Å². The van der Waals surface area contributed by atoms with Crippen molar-refractivity contribution in [3.8, 4) is 0 Å². The number of esters is 1. The maximum Gasteiger partial charge on any atom is 0.306 e. The summed E-state index contributed by atoms with van der Waals surface area (Å²) in [7, 11) is 0. The molecule has 0 rings (SSSR count). The molecular weight excluding hydrogens is 803 g/mol. The maximum atomic E-state index is 13.2. The van der Waals surface area contributed by atoms with Gasteiger partial charge in [0, 0.05) is 6.42 Å². The van der Waals surface area contributed by atoms with E-state index in [1.54, 1.807) is 0 Å². The van der Waals surface area contributed by atoms with Gasteiger partial charge in [-0.2, -0.15) is 0 Å². The molecule has 372 valence electrons. The summed E-state index contributed by atoms with van der Waals surface area (Å²) in [4.78, 5) is 26.2. The molecule has 0 aromatic rings. The highest BCUT2D eigenvalue weighted by Crippen LogP contribution is 2.17. The minimum atomic E-state index is -0.812. The van der Waals surface area contributed by atoms with Gasteiger partial charge in [-0.25, -0.2) is 0 Å². The van der Waals surface area contributed by atoms with Crippen molar-refractivity contribution < 1.29 is 24.5 Å². The summed E-state index contributed by atoms with van der Waals surface area (Å²) in [6.07, 6.45) is 69.0. The SMILES string of the molecule is CC/C=C/C/C=C/C/C=C/C/C=C/C/C=C/CCC(=O)OC(CCCCCC/C=C\C/C=C\C/C=C\CCCCC)CC(=O)NC(CO)C(O)CCCCCCCCCCCCCCC. The van der Waals surface area contributed by atoms with E-state index in [-0.39, 0.29) is 31.3 Å². The summed E-state index contributed by atoms with van der Waals surface area (Å²) in [5.74, 6) is -0.599. The molecule has 3 atom stereocenters. The molecule has 3 unspecified atom stereocenters. The van der Waals surface area contributed by atoms with E-state index in [0.29, 0.717) is 19.3 Å². The Balaban J connectivity index is 4.76. The van der Waals surface area contributed by atoms with E-state index in [1.807, 2.05) is 6.08 Å². The third kappa shape index (κ3) is 47.1. The molecule has 0 heterocycles. The van der Waals surface area contributed by atoms with Crippen LogP contribution in [0.3, 0.4) is 0 Å². The van der Waals surface area contributed by atoms with Crippen molar-refractivity contribution in [3.05, 3.63) is 97.2 Å². The zero-order valence-corrected chi connectivity index (χ0v) is 42.3. The van der Waals surface area contributed by atoms with Crippen LogP contribution in [0.25, 0.3) is 0 Å². The summed E-state index contributed by atoms with van der Waals surface area (Å²) >= 11 is 0. The maximum absolute atomic E-state index is 13.2. The van der Waals surface area contributed by atoms with Crippen molar-refractivity contribution in [2.45, 2.75) is 257 Å². The van der Waals surface area contributed by atoms with E-state index < -0.39 is 18.2 Å². The third-order valence-corrected chi connectivity index (χ3v) is 11.7. The van der Waals surface area contributed by atoms with Crippen molar-refractivity contribution in [1.82, 2.24) is 5.32 Å². The second-order valence-corrected chi connectivity index (χ2v) is 17.9. The minimum Gasteiger partial charge on any atom is -0.462 e. The fourth-order valence-corrected chi connectivity index (χ4v) is 7.60. The molecule has 0 aromatic carbocycles. The van der Waals surface area contributed by atoms with E-state index in [1.165, 1.54) is 89.9 Å². The van der Waals surface area contributed by atoms with Gasteiger partial charge >= 0.3 is 5.97 Å². The van der Waals surface area contributed by atoms with Crippen molar-refractivity contribution in [2.75, 3.05) is 6.61 Å². The summed E-state index contributed by atoms with van der Waals surface area (Å²) in [5, 5.41) is 23.8. The molecule has 0 aliphatic carbocycles. The molecule has 6 nitrogen and oxygen atoms in total. The lowest BCUT2D eigenvalue weighted by atomic mass is 10.0. The van der Waals surface area contributed by atoms with Crippen LogP contribution in [0.5, 0.6) is 0 Å². The van der Waals surface area contributed by atoms with Gasteiger partial charge < -0.3 is 20.3 Å². The quantitative estimate of drug-likeness (QED) is 0.0321. The number of hydrogen-bond acceptors (Lipinski definition) is 5. The normalized spacial score (nSPS) is 14.0. The van der Waals surface area contributed by atoms with E-state index in [0.717, 1.165) is 96.3 Å². The number of aliphatic hydroxyl groups excluding tert-OH is 2. The number of unbranched alkanes of at least 4 members (excludes halogenated alkanes) is 19. The van der Waals surface area contributed by atoms with E-state index >= 15 is 0 Å². The first kappa shape index (κ1) is 61.8. The molecule has 0 aliphatic heterocycles. The molecule has 1 amide bonds. The zero-order chi connectivity index (χ0) is 47.4. The molecule has 0 saturated carbocycles. The predicted molar refractivity (Wildman–Crippen MR) is 282 cm³/mol. The number of ether oxygens (including phenoxy) is 1. The number of allylic oxidation sites excluding steroid dienone is 16. The van der Waals surface area contributed by atoms with Gasteiger partial charge in [0.25, 0.3) is 0 Å². The number of aliphatic hydroxyl groups is 2. The highest BCUT2D eigenvalue weighted by Gasteiger charge is 2.24. The van der Waals surface area contributed by atoms with Crippen LogP contribution in [0, 0.1) is 0 Å². The Labute approximate surface area is 401 Å². The number of hydrogen-bond donors (Lipinski definition) is 3. The predicted octanol–water partition coefficient (Wildman–Crippen LogP) is 16.5. The number of rotatable bonds is 47. The van der Waals surface area contributed by atoms with Gasteiger partial charge in [0.1, 0.15) is 6.10 Å². The van der Waals surface area contributed by atoms with Crippen LogP contribution >= 0.6 is 0 Å². The van der Waals surface area contributed by atoms with Gasteiger partial charge in [-0.1, -0.05) is 227 Å². The summed E-state index contributed by atoms with van der Waals surface area (Å²) < 4.78 is 5.89. The van der Waals surface area contributed by atoms with Crippen LogP contribution in [0.2, 0.25) is 0 Å². The van der Waals surface area contributed by atoms with Gasteiger partial charge in [0.2, 0.25) is 5.91 Å². The van der Waals surface area contributed by atoms with E-state index in [4.69, 9.17) is 4.74 Å². The Morgan fingerprint density at radius 2 is 0.831 bits per heavy atom. The van der Waals surface area contributed by atoms with Crippen molar-refractivity contribution in [2.24, 2.45) is 0 Å². The summed E-state index contributed by atoms with van der Waals surface area (Å²) in [6.45, 7) is 6.32. The lowest BCUT2D eigenvalue weighted by Gasteiger charge is -2.24. The van der Waals surface area contributed by atoms with Crippen LogP contribution in [0.15, 0.2) is 97.2 Å². The van der Waals surface area contributed by atoms with Gasteiger partial charge in [-0.15, -0.1) is 0 Å². The molecule has 3 N–H and O–H groups in total. The van der Waals surface area contributed by atoms with Crippen molar-refractivity contribution in [3.63, 3.8) is 0 Å². The Bertz CT molecular complexity index is 1290. The monoisotopic (exact) mass is 904 g/mol. The lowest BCUT2D eigenvalue weighted by molar-refractivity contribution is -0.150. The lowest BCUT2D eigenvalue weighted by Crippen LogP contribution is -2.46. The Morgan fingerprint density at radius 3 is 1.29 bits per heavy atom. The molecule has 0 bridgehead atoms. The van der Waals surface area contributed by atoms with E-state index in [9.17, 15) is 19.8 Å². The molecule has 0 aromatic heterocycles. The van der Waals surface area contributed by atoms with Crippen LogP contribution in [-0.4, -0.2) is 46.9 Å². The fourth-order valence-electron chi connectivity index (χ4n) is 7.60. The molecule has 6 heteroatoms. The largest absolute Gasteiger partial charge is 0.462 e. The number of carbonyl (C=O) groups is 2. The van der Waals surface area contributed by atoms with Crippen molar-refractivity contribution in [1.29, 1.82) is 0 Å². The molecule has 0 fully saturated rings. The second kappa shape index (κ2) is 51.8. The van der Waals surface area contributed by atoms with Gasteiger partial charge in [0.05, 0.1) is 25.2 Å². The Morgan fingerprint density at radius 1 is 0.462 bits per heavy atom. The Hall–Kier alpha value is -3.22. The van der Waals surface area contributed by atoms with Crippen LogP contribution in [0.1, 0.15) is 239 Å². The number of amides is 1. The van der Waals surface area contributed by atoms with Gasteiger partial charge in [-0.3, -0.25) is 9.59 Å². The van der Waals surface area contributed by atoms with Crippen LogP contribution in [-0.2, 0) is 14.3 Å². The highest BCUT2D eigenvalue weighted by atomic mass is 16.5. The average molecular weight is 904 g/mol. The highest BCUT2D eigenvalue weighted by molar-refractivity contribution is 5.77. The molecule has 65 heavy (non-hydrogen) atoms. The molecular formula is C59H101NO5. The van der Waals surface area contributed by atoms with Crippen LogP contribution < -0.4 is 5.32 Å². The van der Waals surface area contributed by atoms with E-state index in [2.05, 4.69) is 117 Å². The van der Waals surface area contributed by atoms with Crippen molar-refractivity contribution >= 4 is 11.9 Å². The number of carbonyl (C=O) groups excluding carboxylic acids is 2. The number of nitrogens with one attached hydrogen (secondary N) is 1. The molecule has 0 saturated heterocycles. The average Bonchev–Trinajstić information content (AvgIpc) is 3.30. The standard InChI is InChI=1S/C59H101NO5/c1-4-7-10-13-16-19-22-25-27-29-30-33-35-38-41-44-47-50-55(65-59(64)52-49-46-43-40-37-34-31-28-26-23-20-17-14-11-8-5-2)53-58(63)60-56(54-61)57(62)51-48-45-42-39-36-32-24-21-18-15-12-9-6-3/h8,11,16-17,19-20,25-28,30,33-34,37,43,46,55-57,61-62H,4-7,9-10,12-15,18,21-24,29,31-32,35-36,38-42,44-45,47-54H2,1-3H3,(H,60,63)/b11-8+,19-16-,20-17+,27-25-,28-26+,33-30-,37-34+,46-43+. The summed E-state index contributed by atoms with van der Waals surface area (Å²) in [6, 6.07) is -0.729. The third-order valence-electron chi connectivity index (χ3n) is 11.7. The van der Waals surface area contributed by atoms with Crippen LogP contribution in [0.4, 0.5) is 0 Å². The molecule has 0 radical (unpaired) electrons. The zero-order valence-electron chi connectivity index (χ0n) is 42.3. The smallest absolute Gasteiger partial charge is 0.306 e. The van der Waals surface area contributed by atoms with Gasteiger partial charge in [0.15, 0.2) is 0 Å². The first-order chi connectivity index (χ1) is 32.0.